The van der Waals surface area contributed by atoms with E-state index in [-0.39, 0.29) is 6.42 Å². The quantitative estimate of drug-likeness (QED) is 0.664. The standard InChI is InChI=1S/C7H10F2O3/c1-3-4(2)5(10)7(8,9)6(11)12/h4H,3H2,1-2H3,(H,11,12). The van der Waals surface area contributed by atoms with E-state index in [4.69, 9.17) is 5.11 Å². The Labute approximate surface area is 68.4 Å². The van der Waals surface area contributed by atoms with Crippen LogP contribution in [0.15, 0.2) is 0 Å². The zero-order chi connectivity index (χ0) is 9.94. The van der Waals surface area contributed by atoms with Crippen LogP contribution in [0.25, 0.3) is 0 Å². The van der Waals surface area contributed by atoms with Gasteiger partial charge in [0.1, 0.15) is 0 Å². The largest absolute Gasteiger partial charge is 0.476 e. The van der Waals surface area contributed by atoms with E-state index in [0.717, 1.165) is 0 Å². The van der Waals surface area contributed by atoms with Gasteiger partial charge in [0.05, 0.1) is 0 Å². The Bertz CT molecular complexity index is 201. The average Bonchev–Trinajstić information content (AvgIpc) is 2.01. The van der Waals surface area contributed by atoms with Crippen LogP contribution in [0, 0.1) is 5.92 Å². The molecule has 0 saturated carbocycles. The molecule has 1 N–H and O–H groups in total. The maximum Gasteiger partial charge on any atom is 0.399 e. The molecule has 5 heteroatoms. The number of halogens is 2. The molecule has 1 atom stereocenters. The molecule has 0 aromatic rings. The second-order valence-corrected chi connectivity index (χ2v) is 2.55. The number of hydrogen-bond acceptors (Lipinski definition) is 2. The Kier molecular flexibility index (Phi) is 3.30. The summed E-state index contributed by atoms with van der Waals surface area (Å²) in [6.07, 6.45) is 0.210. The van der Waals surface area contributed by atoms with E-state index in [9.17, 15) is 18.4 Å². The zero-order valence-electron chi connectivity index (χ0n) is 6.80. The number of rotatable bonds is 4. The van der Waals surface area contributed by atoms with E-state index in [1.807, 2.05) is 0 Å². The minimum atomic E-state index is -4.24. The Morgan fingerprint density at radius 1 is 1.50 bits per heavy atom. The average molecular weight is 180 g/mol. The van der Waals surface area contributed by atoms with Gasteiger partial charge in [-0.05, 0) is 6.42 Å². The van der Waals surface area contributed by atoms with Crippen molar-refractivity contribution in [2.75, 3.05) is 0 Å². The summed E-state index contributed by atoms with van der Waals surface area (Å²) in [5, 5.41) is 7.99. The van der Waals surface area contributed by atoms with Gasteiger partial charge in [0.25, 0.3) is 0 Å². The van der Waals surface area contributed by atoms with Gasteiger partial charge in [-0.3, -0.25) is 4.79 Å². The van der Waals surface area contributed by atoms with E-state index in [0.29, 0.717) is 0 Å². The predicted molar refractivity (Wildman–Crippen MR) is 37.0 cm³/mol. The van der Waals surface area contributed by atoms with Gasteiger partial charge in [0.15, 0.2) is 0 Å². The molecule has 0 aliphatic heterocycles. The number of hydrogen-bond donors (Lipinski definition) is 1. The molecule has 0 saturated heterocycles. The van der Waals surface area contributed by atoms with Gasteiger partial charge in [-0.25, -0.2) is 4.79 Å². The fraction of sp³-hybridized carbons (Fsp3) is 0.714. The van der Waals surface area contributed by atoms with Crippen molar-refractivity contribution >= 4 is 11.8 Å². The maximum atomic E-state index is 12.4. The monoisotopic (exact) mass is 180 g/mol. The summed E-state index contributed by atoms with van der Waals surface area (Å²) < 4.78 is 24.9. The van der Waals surface area contributed by atoms with Gasteiger partial charge >= 0.3 is 11.9 Å². The van der Waals surface area contributed by atoms with E-state index >= 15 is 0 Å². The van der Waals surface area contributed by atoms with Crippen LogP contribution in [-0.4, -0.2) is 22.8 Å². The van der Waals surface area contributed by atoms with Crippen LogP contribution in [0.2, 0.25) is 0 Å². The molecule has 3 nitrogen and oxygen atoms in total. The van der Waals surface area contributed by atoms with Crippen LogP contribution in [0.3, 0.4) is 0 Å². The molecular weight excluding hydrogens is 170 g/mol. The van der Waals surface area contributed by atoms with Gasteiger partial charge in [-0.1, -0.05) is 13.8 Å². The van der Waals surface area contributed by atoms with Crippen molar-refractivity contribution in [3.8, 4) is 0 Å². The Morgan fingerprint density at radius 2 is 1.92 bits per heavy atom. The molecule has 0 bridgehead atoms. The first-order valence-electron chi connectivity index (χ1n) is 3.49. The summed E-state index contributed by atoms with van der Waals surface area (Å²) in [5.41, 5.74) is 0. The fourth-order valence-corrected chi connectivity index (χ4v) is 0.600. The van der Waals surface area contributed by atoms with Crippen LogP contribution < -0.4 is 0 Å². The predicted octanol–water partition coefficient (Wildman–Crippen LogP) is 1.32. The Balaban J connectivity index is 4.57. The third kappa shape index (κ3) is 1.99. The number of aliphatic carboxylic acids is 1. The van der Waals surface area contributed by atoms with E-state index in [2.05, 4.69) is 0 Å². The first-order valence-corrected chi connectivity index (χ1v) is 3.49. The molecule has 0 aliphatic rings. The minimum Gasteiger partial charge on any atom is -0.476 e. The molecule has 0 aromatic carbocycles. The summed E-state index contributed by atoms with van der Waals surface area (Å²) in [6, 6.07) is 0. The smallest absolute Gasteiger partial charge is 0.399 e. The summed E-state index contributed by atoms with van der Waals surface area (Å²) in [5.74, 6) is -9.07. The summed E-state index contributed by atoms with van der Waals surface area (Å²) in [7, 11) is 0. The molecule has 0 aromatic heterocycles. The second-order valence-electron chi connectivity index (χ2n) is 2.55. The minimum absolute atomic E-state index is 0.210. The molecule has 0 radical (unpaired) electrons. The van der Waals surface area contributed by atoms with Gasteiger partial charge in [0.2, 0.25) is 5.78 Å². The van der Waals surface area contributed by atoms with Crippen LogP contribution in [0.1, 0.15) is 20.3 Å². The molecule has 0 rings (SSSR count). The van der Waals surface area contributed by atoms with E-state index in [1.165, 1.54) is 6.92 Å². The lowest BCUT2D eigenvalue weighted by Gasteiger charge is -2.13. The van der Waals surface area contributed by atoms with Gasteiger partial charge in [-0.2, -0.15) is 8.78 Å². The maximum absolute atomic E-state index is 12.4. The molecule has 0 heterocycles. The second kappa shape index (κ2) is 3.60. The number of carboxylic acid groups (broad SMARTS) is 1. The number of ketones is 1. The van der Waals surface area contributed by atoms with Crippen LogP contribution in [-0.2, 0) is 9.59 Å². The molecule has 0 amide bonds. The van der Waals surface area contributed by atoms with Crippen molar-refractivity contribution in [2.24, 2.45) is 5.92 Å². The molecule has 0 fully saturated rings. The number of carbonyl (C=O) groups is 2. The van der Waals surface area contributed by atoms with Crippen molar-refractivity contribution in [2.45, 2.75) is 26.2 Å². The van der Waals surface area contributed by atoms with E-state index in [1.54, 1.807) is 6.92 Å². The highest BCUT2D eigenvalue weighted by Gasteiger charge is 2.48. The third-order valence-corrected chi connectivity index (χ3v) is 1.64. The van der Waals surface area contributed by atoms with Crippen molar-refractivity contribution in [3.05, 3.63) is 0 Å². The summed E-state index contributed by atoms with van der Waals surface area (Å²) >= 11 is 0. The van der Waals surface area contributed by atoms with Crippen LogP contribution in [0.4, 0.5) is 8.78 Å². The highest BCUT2D eigenvalue weighted by molar-refractivity contribution is 6.05. The lowest BCUT2D eigenvalue weighted by Crippen LogP contribution is -2.40. The lowest BCUT2D eigenvalue weighted by atomic mass is 9.99. The number of carboxylic acids is 1. The zero-order valence-corrected chi connectivity index (χ0v) is 6.80. The summed E-state index contributed by atoms with van der Waals surface area (Å²) in [4.78, 5) is 20.6. The molecule has 0 aliphatic carbocycles. The Hall–Kier alpha value is -1.00. The van der Waals surface area contributed by atoms with Gasteiger partial charge in [-0.15, -0.1) is 0 Å². The number of alkyl halides is 2. The highest BCUT2D eigenvalue weighted by atomic mass is 19.3. The SMILES string of the molecule is CCC(C)C(=O)C(F)(F)C(=O)O. The summed E-state index contributed by atoms with van der Waals surface area (Å²) in [6.45, 7) is 2.82. The normalized spacial score (nSPS) is 14.0. The molecule has 12 heavy (non-hydrogen) atoms. The first kappa shape index (κ1) is 11.0. The van der Waals surface area contributed by atoms with Gasteiger partial charge < -0.3 is 5.11 Å². The first-order chi connectivity index (χ1) is 5.34. The van der Waals surface area contributed by atoms with Crippen molar-refractivity contribution in [1.29, 1.82) is 0 Å². The fourth-order valence-electron chi connectivity index (χ4n) is 0.600. The van der Waals surface area contributed by atoms with Crippen molar-refractivity contribution < 1.29 is 23.5 Å². The topological polar surface area (TPSA) is 54.4 Å². The van der Waals surface area contributed by atoms with Crippen LogP contribution >= 0.6 is 0 Å². The van der Waals surface area contributed by atoms with Crippen LogP contribution in [0.5, 0.6) is 0 Å². The third-order valence-electron chi connectivity index (χ3n) is 1.64. The molecule has 1 unspecified atom stereocenters. The highest BCUT2D eigenvalue weighted by Crippen LogP contribution is 2.21. The molecule has 0 spiro atoms. The van der Waals surface area contributed by atoms with Crippen molar-refractivity contribution in [1.82, 2.24) is 0 Å². The number of carbonyl (C=O) groups excluding carboxylic acids is 1. The Morgan fingerprint density at radius 3 is 2.17 bits per heavy atom. The number of Topliss-reactive ketones (excluding diaryl/α,β-unsaturated/α-hetero) is 1. The lowest BCUT2D eigenvalue weighted by molar-refractivity contribution is -0.173. The van der Waals surface area contributed by atoms with E-state index < -0.39 is 23.6 Å². The van der Waals surface area contributed by atoms with Gasteiger partial charge in [0, 0.05) is 5.92 Å². The van der Waals surface area contributed by atoms with Crippen molar-refractivity contribution in [3.63, 3.8) is 0 Å². The molecule has 70 valence electrons. The molecular formula is C7H10F2O3.